The van der Waals surface area contributed by atoms with Gasteiger partial charge in [0.05, 0.1) is 21.6 Å². The van der Waals surface area contributed by atoms with Crippen LogP contribution in [-0.2, 0) is 11.4 Å². The first kappa shape index (κ1) is 24.5. The molecule has 0 aliphatic carbocycles. The Kier molecular flexibility index (Phi) is 8.00. The molecule has 174 valence electrons. The smallest absolute Gasteiger partial charge is 0.276 e. The molecule has 11 heteroatoms. The summed E-state index contributed by atoms with van der Waals surface area (Å²) in [5.41, 5.74) is 0.681. The number of hydrogen-bond acceptors (Lipinski definition) is 8. The highest BCUT2D eigenvalue weighted by molar-refractivity contribution is 9.10. The van der Waals surface area contributed by atoms with Gasteiger partial charge in [-0.25, -0.2) is 0 Å². The molecule has 0 aliphatic rings. The quantitative estimate of drug-likeness (QED) is 0.174. The molecule has 0 aliphatic heterocycles. The number of para-hydroxylation sites is 1. The highest BCUT2D eigenvalue weighted by Crippen LogP contribution is 2.38. The molecule has 1 amide bonds. The van der Waals surface area contributed by atoms with Crippen molar-refractivity contribution in [2.75, 3.05) is 11.9 Å². The Bertz CT molecular complexity index is 1290. The molecule has 0 atom stereocenters. The fraction of sp³-hybridized carbons (Fsp3) is 0.174. The van der Waals surface area contributed by atoms with E-state index in [-0.39, 0.29) is 23.7 Å². The van der Waals surface area contributed by atoms with Crippen molar-refractivity contribution in [2.24, 2.45) is 0 Å². The molecule has 0 fully saturated rings. The number of ether oxygens (including phenoxy) is 2. The third-order valence-electron chi connectivity index (χ3n) is 4.44. The predicted molar refractivity (Wildman–Crippen MR) is 126 cm³/mol. The number of nitrogens with zero attached hydrogens (tertiary/aromatic N) is 3. The van der Waals surface area contributed by atoms with Crippen LogP contribution in [0.3, 0.4) is 0 Å². The van der Waals surface area contributed by atoms with E-state index in [1.165, 1.54) is 18.2 Å². The largest absolute Gasteiger partial charge is 0.490 e. The minimum absolute atomic E-state index is 0.0527. The highest BCUT2D eigenvalue weighted by Gasteiger charge is 2.18. The lowest BCUT2D eigenvalue weighted by atomic mass is 10.1. The number of nitro benzene ring substituents is 1. The molecule has 0 bridgehead atoms. The normalized spacial score (nSPS) is 10.9. The van der Waals surface area contributed by atoms with Crippen LogP contribution in [0.15, 0.2) is 57.0 Å². The maximum absolute atomic E-state index is 12.5. The molecule has 0 unspecified atom stereocenters. The Morgan fingerprint density at radius 1 is 1.32 bits per heavy atom. The number of benzene rings is 2. The summed E-state index contributed by atoms with van der Waals surface area (Å²) >= 11 is 3.42. The number of nitro groups is 1. The first-order valence-electron chi connectivity index (χ1n) is 10.00. The zero-order valence-corrected chi connectivity index (χ0v) is 19.8. The van der Waals surface area contributed by atoms with Gasteiger partial charge in [-0.15, -0.1) is 0 Å². The number of halogens is 1. The molecule has 1 aromatic heterocycles. The van der Waals surface area contributed by atoms with E-state index in [1.807, 2.05) is 6.07 Å². The summed E-state index contributed by atoms with van der Waals surface area (Å²) in [5, 5.41) is 26.9. The van der Waals surface area contributed by atoms with E-state index in [0.29, 0.717) is 39.5 Å². The summed E-state index contributed by atoms with van der Waals surface area (Å²) in [6, 6.07) is 12.9. The van der Waals surface area contributed by atoms with Crippen LogP contribution in [0.5, 0.6) is 11.5 Å². The van der Waals surface area contributed by atoms with Crippen LogP contribution >= 0.6 is 15.9 Å². The van der Waals surface area contributed by atoms with Crippen LogP contribution in [0.2, 0.25) is 0 Å². The summed E-state index contributed by atoms with van der Waals surface area (Å²) in [5.74, 6) is 0.726. The average molecular weight is 527 g/mol. The van der Waals surface area contributed by atoms with E-state index in [2.05, 4.69) is 26.4 Å². The highest BCUT2D eigenvalue weighted by atomic mass is 79.9. The maximum atomic E-state index is 12.5. The molecule has 34 heavy (non-hydrogen) atoms. The zero-order chi connectivity index (χ0) is 24.7. The van der Waals surface area contributed by atoms with Crippen molar-refractivity contribution in [1.82, 2.24) is 5.16 Å². The van der Waals surface area contributed by atoms with Gasteiger partial charge in [0.15, 0.2) is 17.3 Å². The molecule has 3 rings (SSSR count). The van der Waals surface area contributed by atoms with Gasteiger partial charge in [0.25, 0.3) is 11.6 Å². The summed E-state index contributed by atoms with van der Waals surface area (Å²) in [4.78, 5) is 23.2. The lowest BCUT2D eigenvalue weighted by Gasteiger charge is -2.15. The first-order chi connectivity index (χ1) is 16.3. The van der Waals surface area contributed by atoms with E-state index in [0.717, 1.165) is 0 Å². The average Bonchev–Trinajstić information content (AvgIpc) is 3.21. The van der Waals surface area contributed by atoms with Crippen molar-refractivity contribution in [3.05, 3.63) is 79.5 Å². The van der Waals surface area contributed by atoms with Crippen molar-refractivity contribution in [1.29, 1.82) is 5.26 Å². The van der Waals surface area contributed by atoms with Crippen molar-refractivity contribution in [3.8, 4) is 17.6 Å². The van der Waals surface area contributed by atoms with E-state index in [4.69, 9.17) is 14.0 Å². The Balaban J connectivity index is 1.87. The van der Waals surface area contributed by atoms with Crippen LogP contribution in [0, 0.1) is 28.4 Å². The van der Waals surface area contributed by atoms with Gasteiger partial charge in [-0.3, -0.25) is 14.9 Å². The molecule has 2 aromatic carbocycles. The van der Waals surface area contributed by atoms with Crippen LogP contribution < -0.4 is 14.8 Å². The first-order valence-corrected chi connectivity index (χ1v) is 10.8. The van der Waals surface area contributed by atoms with Crippen molar-refractivity contribution in [2.45, 2.75) is 20.5 Å². The molecule has 1 N–H and O–H groups in total. The van der Waals surface area contributed by atoms with Gasteiger partial charge in [-0.2, -0.15) is 5.26 Å². The molecule has 1 heterocycles. The molecule has 0 radical (unpaired) electrons. The number of hydrogen-bond donors (Lipinski definition) is 1. The number of nitrogens with one attached hydrogen (secondary N) is 1. The third-order valence-corrected chi connectivity index (χ3v) is 5.03. The zero-order valence-electron chi connectivity index (χ0n) is 18.2. The Morgan fingerprint density at radius 2 is 2.09 bits per heavy atom. The number of nitriles is 1. The fourth-order valence-corrected chi connectivity index (χ4v) is 3.53. The molecule has 0 saturated carbocycles. The van der Waals surface area contributed by atoms with E-state index in [1.54, 1.807) is 44.2 Å². The number of anilines is 1. The monoisotopic (exact) mass is 526 g/mol. The maximum Gasteiger partial charge on any atom is 0.276 e. The van der Waals surface area contributed by atoms with E-state index < -0.39 is 10.8 Å². The van der Waals surface area contributed by atoms with Crippen LogP contribution in [-0.4, -0.2) is 22.6 Å². The molecular formula is C23H19BrN4O6. The minimum atomic E-state index is -0.651. The van der Waals surface area contributed by atoms with E-state index >= 15 is 0 Å². The van der Waals surface area contributed by atoms with Gasteiger partial charge in [-0.1, -0.05) is 17.3 Å². The summed E-state index contributed by atoms with van der Waals surface area (Å²) in [7, 11) is 0. The van der Waals surface area contributed by atoms with Crippen LogP contribution in [0.4, 0.5) is 11.5 Å². The molecule has 10 nitrogen and oxygen atoms in total. The second-order valence-electron chi connectivity index (χ2n) is 6.88. The number of aryl methyl sites for hydroxylation is 1. The molecule has 0 spiro atoms. The topological polar surface area (TPSA) is 141 Å². The molecule has 0 saturated heterocycles. The van der Waals surface area contributed by atoms with Gasteiger partial charge in [-0.05, 0) is 59.6 Å². The Morgan fingerprint density at radius 3 is 2.74 bits per heavy atom. The standard InChI is InChI=1S/C23H19BrN4O6/c1-3-32-20-11-15(9-17(12-25)23(29)26-21-8-14(2)34-27-21)10-18(24)22(20)33-13-16-6-4-5-7-19(16)28(30)31/h4-11H,3,13H2,1-2H3,(H,26,27,29)/b17-9-. The lowest BCUT2D eigenvalue weighted by Crippen LogP contribution is -2.13. The second kappa shape index (κ2) is 11.1. The summed E-state index contributed by atoms with van der Waals surface area (Å²) in [6.07, 6.45) is 1.39. The minimum Gasteiger partial charge on any atom is -0.490 e. The van der Waals surface area contributed by atoms with Gasteiger partial charge in [0, 0.05) is 12.1 Å². The van der Waals surface area contributed by atoms with Crippen molar-refractivity contribution < 1.29 is 23.7 Å². The third kappa shape index (κ3) is 5.99. The summed E-state index contributed by atoms with van der Waals surface area (Å²) < 4.78 is 16.9. The predicted octanol–water partition coefficient (Wildman–Crippen LogP) is 5.18. The van der Waals surface area contributed by atoms with Crippen molar-refractivity contribution >= 4 is 39.4 Å². The Labute approximate surface area is 203 Å². The molecular weight excluding hydrogens is 508 g/mol. The number of aromatic nitrogens is 1. The number of carbonyl (C=O) groups is 1. The molecule has 3 aromatic rings. The van der Waals surface area contributed by atoms with Gasteiger partial charge in [0.2, 0.25) is 0 Å². The van der Waals surface area contributed by atoms with Gasteiger partial charge < -0.3 is 19.3 Å². The number of rotatable bonds is 9. The number of amides is 1. The summed E-state index contributed by atoms with van der Waals surface area (Å²) in [6.45, 7) is 3.72. The van der Waals surface area contributed by atoms with Crippen LogP contribution in [0.25, 0.3) is 6.08 Å². The second-order valence-corrected chi connectivity index (χ2v) is 7.74. The number of carbonyl (C=O) groups excluding carboxylic acids is 1. The van der Waals surface area contributed by atoms with Gasteiger partial charge in [0.1, 0.15) is 24.0 Å². The van der Waals surface area contributed by atoms with Crippen molar-refractivity contribution in [3.63, 3.8) is 0 Å². The lowest BCUT2D eigenvalue weighted by molar-refractivity contribution is -0.385. The SMILES string of the molecule is CCOc1cc(/C=C(/C#N)C(=O)Nc2cc(C)on2)cc(Br)c1OCc1ccccc1[N+](=O)[O-]. The van der Waals surface area contributed by atoms with E-state index in [9.17, 15) is 20.2 Å². The van der Waals surface area contributed by atoms with Crippen LogP contribution in [0.1, 0.15) is 23.8 Å². The van der Waals surface area contributed by atoms with Gasteiger partial charge >= 0.3 is 0 Å². The Hall–Kier alpha value is -4.17. The fourth-order valence-electron chi connectivity index (χ4n) is 2.96.